The van der Waals surface area contributed by atoms with E-state index in [1.165, 1.54) is 6.07 Å². The van der Waals surface area contributed by atoms with E-state index in [1.807, 2.05) is 0 Å². The van der Waals surface area contributed by atoms with Crippen LogP contribution in [0.2, 0.25) is 0 Å². The van der Waals surface area contributed by atoms with E-state index in [2.05, 4.69) is 10.6 Å². The number of hydrogen-bond donors (Lipinski definition) is 2. The molecule has 2 aliphatic rings. The Bertz CT molecular complexity index is 666. The number of nitrogens with one attached hydrogen (secondary N) is 2. The molecule has 2 saturated heterocycles. The number of benzene rings is 1. The first-order valence-electron chi connectivity index (χ1n) is 8.84. The fraction of sp³-hybridized carbons (Fsp3) is 0.556. The van der Waals surface area contributed by atoms with Crippen molar-refractivity contribution in [3.05, 3.63) is 35.1 Å². The van der Waals surface area contributed by atoms with Crippen molar-refractivity contribution in [2.24, 2.45) is 0 Å². The van der Waals surface area contributed by atoms with Crippen LogP contribution in [-0.2, 0) is 9.47 Å². The van der Waals surface area contributed by atoms with Gasteiger partial charge in [-0.25, -0.2) is 9.18 Å². The van der Waals surface area contributed by atoms with Gasteiger partial charge in [-0.3, -0.25) is 4.79 Å². The monoisotopic (exact) mass is 365 g/mol. The molecule has 2 aliphatic heterocycles. The molecular formula is C18H24FN3O4. The number of halogens is 1. The van der Waals surface area contributed by atoms with Gasteiger partial charge in [-0.2, -0.15) is 0 Å². The van der Waals surface area contributed by atoms with E-state index in [0.29, 0.717) is 51.3 Å². The molecule has 1 aromatic rings. The van der Waals surface area contributed by atoms with Crippen LogP contribution >= 0.6 is 0 Å². The van der Waals surface area contributed by atoms with Gasteiger partial charge in [0.2, 0.25) is 0 Å². The summed E-state index contributed by atoms with van der Waals surface area (Å²) in [5.41, 5.74) is 0.753. The molecule has 0 bridgehead atoms. The molecule has 2 N–H and O–H groups in total. The fourth-order valence-corrected chi connectivity index (χ4v) is 3.13. The number of aryl methyl sites for hydroxylation is 1. The summed E-state index contributed by atoms with van der Waals surface area (Å²) in [5, 5.41) is 5.44. The highest BCUT2D eigenvalue weighted by Crippen LogP contribution is 2.31. The molecule has 26 heavy (non-hydrogen) atoms. The fourth-order valence-electron chi connectivity index (χ4n) is 3.13. The molecule has 0 aromatic heterocycles. The maximum Gasteiger partial charge on any atom is 0.317 e. The molecule has 2 heterocycles. The van der Waals surface area contributed by atoms with Crippen molar-refractivity contribution in [3.63, 3.8) is 0 Å². The molecule has 142 valence electrons. The number of hydrogen-bond acceptors (Lipinski definition) is 4. The summed E-state index contributed by atoms with van der Waals surface area (Å²) in [6.07, 6.45) is 1.33. The van der Waals surface area contributed by atoms with E-state index in [9.17, 15) is 14.0 Å². The Hall–Kier alpha value is -2.19. The second kappa shape index (κ2) is 8.01. The predicted molar refractivity (Wildman–Crippen MR) is 92.3 cm³/mol. The topological polar surface area (TPSA) is 79.9 Å². The minimum absolute atomic E-state index is 0.173. The standard InChI is InChI=1S/C18H24FN3O4/c1-13-2-3-14(12-15(13)19)16(23)20-6-7-21-17(24)22-8-4-18(5-9-22)25-10-11-26-18/h2-3,12H,4-11H2,1H3,(H,20,23)(H,21,24). The molecule has 1 aromatic carbocycles. The quantitative estimate of drug-likeness (QED) is 0.791. The van der Waals surface area contributed by atoms with Gasteiger partial charge in [-0.1, -0.05) is 6.07 Å². The van der Waals surface area contributed by atoms with Crippen LogP contribution in [0.1, 0.15) is 28.8 Å². The summed E-state index contributed by atoms with van der Waals surface area (Å²) in [7, 11) is 0. The summed E-state index contributed by atoms with van der Waals surface area (Å²) in [6.45, 7) is 4.56. The Morgan fingerprint density at radius 2 is 1.81 bits per heavy atom. The number of urea groups is 1. The minimum Gasteiger partial charge on any atom is -0.350 e. The van der Waals surface area contributed by atoms with Crippen LogP contribution in [0.15, 0.2) is 18.2 Å². The molecular weight excluding hydrogens is 341 g/mol. The third-order valence-corrected chi connectivity index (χ3v) is 4.75. The highest BCUT2D eigenvalue weighted by Gasteiger charge is 2.40. The average Bonchev–Trinajstić information content (AvgIpc) is 3.09. The Balaban J connectivity index is 1.36. The third-order valence-electron chi connectivity index (χ3n) is 4.75. The zero-order valence-electron chi connectivity index (χ0n) is 14.8. The average molecular weight is 365 g/mol. The molecule has 3 amide bonds. The summed E-state index contributed by atoms with van der Waals surface area (Å²) in [6, 6.07) is 4.17. The van der Waals surface area contributed by atoms with E-state index in [0.717, 1.165) is 0 Å². The summed E-state index contributed by atoms with van der Waals surface area (Å²) in [4.78, 5) is 25.9. The number of amides is 3. The van der Waals surface area contributed by atoms with Crippen LogP contribution in [-0.4, -0.2) is 62.0 Å². The lowest BCUT2D eigenvalue weighted by Crippen LogP contribution is -2.51. The van der Waals surface area contributed by atoms with Gasteiger partial charge in [0, 0.05) is 44.6 Å². The van der Waals surface area contributed by atoms with Crippen molar-refractivity contribution >= 4 is 11.9 Å². The lowest BCUT2D eigenvalue weighted by atomic mass is 10.0. The van der Waals surface area contributed by atoms with Crippen LogP contribution in [0.3, 0.4) is 0 Å². The van der Waals surface area contributed by atoms with Crippen LogP contribution in [0.5, 0.6) is 0 Å². The molecule has 0 unspecified atom stereocenters. The number of carbonyl (C=O) groups is 2. The summed E-state index contributed by atoms with van der Waals surface area (Å²) in [5.74, 6) is -1.29. The zero-order valence-corrected chi connectivity index (χ0v) is 14.8. The van der Waals surface area contributed by atoms with E-state index in [4.69, 9.17) is 9.47 Å². The maximum absolute atomic E-state index is 13.5. The summed E-state index contributed by atoms with van der Waals surface area (Å²) < 4.78 is 24.8. The normalized spacial score (nSPS) is 18.8. The van der Waals surface area contributed by atoms with E-state index in [1.54, 1.807) is 24.0 Å². The van der Waals surface area contributed by atoms with Crippen LogP contribution < -0.4 is 10.6 Å². The number of piperidine rings is 1. The van der Waals surface area contributed by atoms with Gasteiger partial charge in [0.1, 0.15) is 5.82 Å². The highest BCUT2D eigenvalue weighted by molar-refractivity contribution is 5.94. The molecule has 0 radical (unpaired) electrons. The van der Waals surface area contributed by atoms with Gasteiger partial charge < -0.3 is 25.0 Å². The molecule has 8 heteroatoms. The molecule has 7 nitrogen and oxygen atoms in total. The second-order valence-electron chi connectivity index (χ2n) is 6.55. The Labute approximate surface area is 151 Å². The van der Waals surface area contributed by atoms with Crippen molar-refractivity contribution < 1.29 is 23.5 Å². The van der Waals surface area contributed by atoms with Gasteiger partial charge in [0.15, 0.2) is 5.79 Å². The molecule has 0 aliphatic carbocycles. The van der Waals surface area contributed by atoms with Crippen LogP contribution in [0.25, 0.3) is 0 Å². The summed E-state index contributed by atoms with van der Waals surface area (Å²) >= 11 is 0. The largest absolute Gasteiger partial charge is 0.350 e. The first-order chi connectivity index (χ1) is 12.5. The molecule has 0 saturated carbocycles. The number of likely N-dealkylation sites (tertiary alicyclic amines) is 1. The Kier molecular flexibility index (Phi) is 5.73. The lowest BCUT2D eigenvalue weighted by molar-refractivity contribution is -0.181. The molecule has 3 rings (SSSR count). The minimum atomic E-state index is -0.506. The first-order valence-corrected chi connectivity index (χ1v) is 8.84. The maximum atomic E-state index is 13.5. The van der Waals surface area contributed by atoms with Crippen LogP contribution in [0, 0.1) is 12.7 Å². The Morgan fingerprint density at radius 1 is 1.15 bits per heavy atom. The van der Waals surface area contributed by atoms with Crippen molar-refractivity contribution in [3.8, 4) is 0 Å². The number of nitrogens with zero attached hydrogens (tertiary/aromatic N) is 1. The van der Waals surface area contributed by atoms with Crippen molar-refractivity contribution in [1.82, 2.24) is 15.5 Å². The predicted octanol–water partition coefficient (Wildman–Crippen LogP) is 1.41. The number of rotatable bonds is 4. The van der Waals surface area contributed by atoms with E-state index >= 15 is 0 Å². The van der Waals surface area contributed by atoms with Gasteiger partial charge in [0.25, 0.3) is 5.91 Å². The third kappa shape index (κ3) is 4.31. The van der Waals surface area contributed by atoms with Crippen molar-refractivity contribution in [1.29, 1.82) is 0 Å². The SMILES string of the molecule is Cc1ccc(C(=O)NCCNC(=O)N2CCC3(CC2)OCCO3)cc1F. The second-order valence-corrected chi connectivity index (χ2v) is 6.55. The van der Waals surface area contributed by atoms with E-state index < -0.39 is 11.6 Å². The van der Waals surface area contributed by atoms with Gasteiger partial charge in [-0.05, 0) is 24.6 Å². The first kappa shape index (κ1) is 18.6. The molecule has 1 spiro atoms. The van der Waals surface area contributed by atoms with E-state index in [-0.39, 0.29) is 24.0 Å². The zero-order chi connectivity index (χ0) is 18.6. The molecule has 2 fully saturated rings. The Morgan fingerprint density at radius 3 is 2.46 bits per heavy atom. The smallest absolute Gasteiger partial charge is 0.317 e. The van der Waals surface area contributed by atoms with Gasteiger partial charge in [-0.15, -0.1) is 0 Å². The van der Waals surface area contributed by atoms with Gasteiger partial charge in [0.05, 0.1) is 13.2 Å². The van der Waals surface area contributed by atoms with Gasteiger partial charge >= 0.3 is 6.03 Å². The lowest BCUT2D eigenvalue weighted by Gasteiger charge is -2.37. The molecule has 0 atom stereocenters. The number of carbonyl (C=O) groups excluding carboxylic acids is 2. The van der Waals surface area contributed by atoms with Crippen molar-refractivity contribution in [2.75, 3.05) is 39.4 Å². The van der Waals surface area contributed by atoms with Crippen LogP contribution in [0.4, 0.5) is 9.18 Å². The highest BCUT2D eigenvalue weighted by atomic mass is 19.1. The van der Waals surface area contributed by atoms with Crippen molar-refractivity contribution in [2.45, 2.75) is 25.6 Å². The number of ether oxygens (including phenoxy) is 2.